The Kier molecular flexibility index (Phi) is 10.8. The van der Waals surface area contributed by atoms with Gasteiger partial charge in [-0.25, -0.2) is 4.79 Å². The second kappa shape index (κ2) is 12.5. The molecule has 1 saturated heterocycles. The van der Waals surface area contributed by atoms with Crippen LogP contribution < -0.4 is 16.0 Å². The van der Waals surface area contributed by atoms with E-state index >= 15 is 0 Å². The van der Waals surface area contributed by atoms with Crippen LogP contribution in [0.15, 0.2) is 29.3 Å². The van der Waals surface area contributed by atoms with E-state index in [-0.39, 0.29) is 47.9 Å². The lowest BCUT2D eigenvalue weighted by molar-refractivity contribution is -0.146. The van der Waals surface area contributed by atoms with Gasteiger partial charge in [0.2, 0.25) is 0 Å². The Labute approximate surface area is 189 Å². The molecule has 0 atom stereocenters. The molecule has 1 aliphatic rings. The van der Waals surface area contributed by atoms with Crippen LogP contribution >= 0.6 is 24.0 Å². The number of piperidine rings is 1. The lowest BCUT2D eigenvalue weighted by Gasteiger charge is -2.33. The first kappa shape index (κ1) is 25.0. The fourth-order valence-corrected chi connectivity index (χ4v) is 3.14. The largest absolute Gasteiger partial charge is 0.469 e. The van der Waals surface area contributed by atoms with Gasteiger partial charge in [-0.3, -0.25) is 9.79 Å². The molecule has 162 valence electrons. The molecule has 0 bridgehead atoms. The van der Waals surface area contributed by atoms with E-state index in [4.69, 9.17) is 4.74 Å². The van der Waals surface area contributed by atoms with E-state index in [2.05, 4.69) is 25.8 Å². The van der Waals surface area contributed by atoms with Gasteiger partial charge in [0.05, 0.1) is 13.0 Å². The summed E-state index contributed by atoms with van der Waals surface area (Å²) in [5, 5.41) is 8.96. The number of anilines is 1. The first-order valence-electron chi connectivity index (χ1n) is 9.62. The molecule has 9 heteroatoms. The third kappa shape index (κ3) is 8.08. The lowest BCUT2D eigenvalue weighted by atomic mass is 9.97. The molecule has 1 heterocycles. The van der Waals surface area contributed by atoms with Crippen LogP contribution in [0.4, 0.5) is 10.5 Å². The van der Waals surface area contributed by atoms with Crippen molar-refractivity contribution in [3.05, 3.63) is 29.8 Å². The minimum absolute atomic E-state index is 0. The molecular formula is C20H32IN5O3. The van der Waals surface area contributed by atoms with Crippen LogP contribution in [-0.4, -0.2) is 56.1 Å². The van der Waals surface area contributed by atoms with Crippen molar-refractivity contribution in [1.82, 2.24) is 15.5 Å². The highest BCUT2D eigenvalue weighted by Crippen LogP contribution is 2.18. The molecule has 1 aromatic carbocycles. The van der Waals surface area contributed by atoms with Gasteiger partial charge in [-0.2, -0.15) is 0 Å². The minimum atomic E-state index is -0.211. The van der Waals surface area contributed by atoms with Gasteiger partial charge in [0.1, 0.15) is 0 Å². The number of hydrogen-bond donors (Lipinski definition) is 3. The number of guanidine groups is 1. The number of esters is 1. The molecule has 0 radical (unpaired) electrons. The number of aliphatic imine (C=N–C) groups is 1. The highest BCUT2D eigenvalue weighted by Gasteiger charge is 2.26. The zero-order valence-corrected chi connectivity index (χ0v) is 19.9. The molecule has 0 spiro atoms. The fourth-order valence-electron chi connectivity index (χ4n) is 3.14. The number of halogens is 1. The first-order valence-corrected chi connectivity index (χ1v) is 9.62. The number of methoxy groups -OCH3 is 1. The predicted octanol–water partition coefficient (Wildman–Crippen LogP) is 2.79. The third-order valence-corrected chi connectivity index (χ3v) is 4.62. The van der Waals surface area contributed by atoms with Crippen molar-refractivity contribution in [2.24, 2.45) is 10.9 Å². The van der Waals surface area contributed by atoms with Crippen molar-refractivity contribution >= 4 is 47.6 Å². The van der Waals surface area contributed by atoms with Crippen LogP contribution in [0.25, 0.3) is 0 Å². The maximum absolute atomic E-state index is 11.7. The number of benzene rings is 1. The van der Waals surface area contributed by atoms with E-state index < -0.39 is 0 Å². The number of carbonyl (C=O) groups excluding carboxylic acids is 2. The normalized spacial score (nSPS) is 14.8. The summed E-state index contributed by atoms with van der Waals surface area (Å²) in [6.07, 6.45) is 1.54. The highest BCUT2D eigenvalue weighted by molar-refractivity contribution is 14.0. The summed E-state index contributed by atoms with van der Waals surface area (Å²) >= 11 is 0. The van der Waals surface area contributed by atoms with Crippen molar-refractivity contribution in [2.45, 2.75) is 39.3 Å². The molecule has 0 saturated carbocycles. The van der Waals surface area contributed by atoms with Crippen LogP contribution in [0, 0.1) is 5.92 Å². The lowest BCUT2D eigenvalue weighted by Crippen LogP contribution is -2.46. The Morgan fingerprint density at radius 1 is 1.21 bits per heavy atom. The molecule has 8 nitrogen and oxygen atoms in total. The number of nitrogens with one attached hydrogen (secondary N) is 3. The van der Waals surface area contributed by atoms with Gasteiger partial charge in [-0.05, 0) is 44.4 Å². The van der Waals surface area contributed by atoms with E-state index in [1.807, 2.05) is 38.1 Å². The van der Waals surface area contributed by atoms with Crippen molar-refractivity contribution in [3.63, 3.8) is 0 Å². The molecule has 1 fully saturated rings. The number of nitrogens with zero attached hydrogens (tertiary/aromatic N) is 2. The van der Waals surface area contributed by atoms with Crippen molar-refractivity contribution in [2.75, 3.05) is 32.6 Å². The van der Waals surface area contributed by atoms with Gasteiger partial charge in [0.15, 0.2) is 5.96 Å². The zero-order valence-electron chi connectivity index (χ0n) is 17.5. The van der Waals surface area contributed by atoms with Gasteiger partial charge in [0.25, 0.3) is 0 Å². The van der Waals surface area contributed by atoms with Crippen LogP contribution in [0.2, 0.25) is 0 Å². The first-order chi connectivity index (χ1) is 13.4. The summed E-state index contributed by atoms with van der Waals surface area (Å²) in [6.45, 7) is 6.00. The van der Waals surface area contributed by atoms with Crippen molar-refractivity contribution in [1.29, 1.82) is 0 Å². The van der Waals surface area contributed by atoms with E-state index in [0.29, 0.717) is 6.54 Å². The maximum atomic E-state index is 11.7. The second-order valence-corrected chi connectivity index (χ2v) is 7.14. The third-order valence-electron chi connectivity index (χ3n) is 4.62. The van der Waals surface area contributed by atoms with Gasteiger partial charge in [-0.15, -0.1) is 24.0 Å². The van der Waals surface area contributed by atoms with E-state index in [1.165, 1.54) is 7.11 Å². The molecule has 0 unspecified atom stereocenters. The number of amides is 2. The monoisotopic (exact) mass is 517 g/mol. The molecule has 2 rings (SSSR count). The van der Waals surface area contributed by atoms with Crippen molar-refractivity contribution < 1.29 is 14.3 Å². The van der Waals surface area contributed by atoms with Crippen LogP contribution in [-0.2, 0) is 16.1 Å². The fraction of sp³-hybridized carbons (Fsp3) is 0.550. The maximum Gasteiger partial charge on any atom is 0.319 e. The smallest absolute Gasteiger partial charge is 0.319 e. The van der Waals surface area contributed by atoms with E-state index in [9.17, 15) is 9.59 Å². The minimum Gasteiger partial charge on any atom is -0.469 e. The highest BCUT2D eigenvalue weighted by atomic mass is 127. The Bertz CT molecular complexity index is 686. The molecule has 2 amide bonds. The SMILES string of the molecule is CN=C(NCc1ccc(NC(=O)NC(C)C)cc1)N1CCC(C(=O)OC)CC1.I. The Hall–Kier alpha value is -2.04. The van der Waals surface area contributed by atoms with Crippen LogP contribution in [0.5, 0.6) is 0 Å². The van der Waals surface area contributed by atoms with E-state index in [0.717, 1.165) is 43.1 Å². The summed E-state index contributed by atoms with van der Waals surface area (Å²) in [6, 6.07) is 7.57. The van der Waals surface area contributed by atoms with Crippen LogP contribution in [0.1, 0.15) is 32.3 Å². The van der Waals surface area contributed by atoms with Crippen molar-refractivity contribution in [3.8, 4) is 0 Å². The molecule has 0 aliphatic carbocycles. The van der Waals surface area contributed by atoms with Gasteiger partial charge in [0, 0.05) is 38.4 Å². The Morgan fingerprint density at radius 3 is 2.34 bits per heavy atom. The Balaban J connectivity index is 0.00000420. The number of likely N-dealkylation sites (tertiary alicyclic amines) is 1. The number of rotatable bonds is 5. The molecule has 1 aliphatic heterocycles. The summed E-state index contributed by atoms with van der Waals surface area (Å²) in [7, 11) is 3.20. The predicted molar refractivity (Wildman–Crippen MR) is 126 cm³/mol. The van der Waals surface area contributed by atoms with Gasteiger partial charge < -0.3 is 25.6 Å². The average molecular weight is 517 g/mol. The zero-order chi connectivity index (χ0) is 20.5. The van der Waals surface area contributed by atoms with E-state index in [1.54, 1.807) is 7.05 Å². The average Bonchev–Trinajstić information content (AvgIpc) is 2.69. The second-order valence-electron chi connectivity index (χ2n) is 7.14. The van der Waals surface area contributed by atoms with Crippen LogP contribution in [0.3, 0.4) is 0 Å². The summed E-state index contributed by atoms with van der Waals surface area (Å²) in [5.74, 6) is 0.674. The molecule has 3 N–H and O–H groups in total. The topological polar surface area (TPSA) is 95.1 Å². The Morgan fingerprint density at radius 2 is 1.83 bits per heavy atom. The molecule has 0 aromatic heterocycles. The summed E-state index contributed by atoms with van der Waals surface area (Å²) < 4.78 is 4.84. The molecule has 29 heavy (non-hydrogen) atoms. The number of ether oxygens (including phenoxy) is 1. The molecular weight excluding hydrogens is 485 g/mol. The van der Waals surface area contributed by atoms with Gasteiger partial charge >= 0.3 is 12.0 Å². The standard InChI is InChI=1S/C20H31N5O3.HI/c1-14(2)23-20(27)24-17-7-5-15(6-8-17)13-22-19(21-3)25-11-9-16(10-12-25)18(26)28-4;/h5-8,14,16H,9-13H2,1-4H3,(H,21,22)(H2,23,24,27);1H. The van der Waals surface area contributed by atoms with Gasteiger partial charge in [-0.1, -0.05) is 12.1 Å². The number of carbonyl (C=O) groups is 2. The number of urea groups is 1. The summed E-state index contributed by atoms with van der Waals surface area (Å²) in [5.41, 5.74) is 1.83. The number of hydrogen-bond acceptors (Lipinski definition) is 4. The quantitative estimate of drug-likeness (QED) is 0.242. The molecule has 1 aromatic rings. The summed E-state index contributed by atoms with van der Waals surface area (Å²) in [4.78, 5) is 29.9.